The molecular weight excluding hydrogens is 224 g/mol. The van der Waals surface area contributed by atoms with Crippen LogP contribution in [-0.2, 0) is 13.6 Å². The molecule has 90 valence electrons. The van der Waals surface area contributed by atoms with Gasteiger partial charge in [0.05, 0.1) is 0 Å². The van der Waals surface area contributed by atoms with Gasteiger partial charge in [-0.1, -0.05) is 12.1 Å². The molecule has 2 rings (SSSR count). The fourth-order valence-electron chi connectivity index (χ4n) is 1.65. The Morgan fingerprint density at radius 2 is 2.12 bits per heavy atom. The molecule has 0 bridgehead atoms. The number of nitrogens with one attached hydrogen (secondary N) is 1. The third kappa shape index (κ3) is 2.43. The number of hydrogen-bond acceptors (Lipinski definition) is 2. The van der Waals surface area contributed by atoms with Gasteiger partial charge in [0.15, 0.2) is 17.5 Å². The van der Waals surface area contributed by atoms with E-state index in [0.717, 1.165) is 11.6 Å². The van der Waals surface area contributed by atoms with Crippen LogP contribution in [0.3, 0.4) is 0 Å². The zero-order valence-electron chi connectivity index (χ0n) is 9.67. The fraction of sp³-hybridized carbons (Fsp3) is 0.250. The maximum absolute atomic E-state index is 13.4. The molecular formula is C12H13F2N3. The van der Waals surface area contributed by atoms with Crippen molar-refractivity contribution in [2.75, 3.05) is 5.32 Å². The Balaban J connectivity index is 2.12. The molecule has 0 spiro atoms. The zero-order valence-corrected chi connectivity index (χ0v) is 9.67. The van der Waals surface area contributed by atoms with Crippen molar-refractivity contribution in [1.82, 2.24) is 9.78 Å². The Kier molecular flexibility index (Phi) is 3.08. The van der Waals surface area contributed by atoms with E-state index >= 15 is 0 Å². The van der Waals surface area contributed by atoms with Gasteiger partial charge in [0, 0.05) is 30.9 Å². The average Bonchev–Trinajstić information content (AvgIpc) is 2.60. The standard InChI is InChI=1S/C12H13F2N3/c1-8-7-17(2)16-12(8)15-6-9-4-3-5-10(13)11(9)14/h3-5,7H,6H2,1-2H3,(H,15,16). The summed E-state index contributed by atoms with van der Waals surface area (Å²) in [5.41, 5.74) is 1.25. The lowest BCUT2D eigenvalue weighted by molar-refractivity contribution is 0.500. The summed E-state index contributed by atoms with van der Waals surface area (Å²) in [6, 6.07) is 4.13. The van der Waals surface area contributed by atoms with Crippen LogP contribution in [0.25, 0.3) is 0 Å². The van der Waals surface area contributed by atoms with Crippen molar-refractivity contribution in [3.8, 4) is 0 Å². The third-order valence-corrected chi connectivity index (χ3v) is 2.49. The van der Waals surface area contributed by atoms with Crippen molar-refractivity contribution in [2.45, 2.75) is 13.5 Å². The fourth-order valence-corrected chi connectivity index (χ4v) is 1.65. The molecule has 5 heteroatoms. The molecule has 0 fully saturated rings. The van der Waals surface area contributed by atoms with Gasteiger partial charge >= 0.3 is 0 Å². The molecule has 17 heavy (non-hydrogen) atoms. The summed E-state index contributed by atoms with van der Waals surface area (Å²) in [6.07, 6.45) is 1.85. The zero-order chi connectivity index (χ0) is 12.4. The molecule has 0 aliphatic rings. The smallest absolute Gasteiger partial charge is 0.163 e. The highest BCUT2D eigenvalue weighted by Gasteiger charge is 2.08. The van der Waals surface area contributed by atoms with Crippen LogP contribution < -0.4 is 5.32 Å². The highest BCUT2D eigenvalue weighted by molar-refractivity contribution is 5.42. The Hall–Kier alpha value is -1.91. The second kappa shape index (κ2) is 4.53. The van der Waals surface area contributed by atoms with Crippen LogP contribution in [0.5, 0.6) is 0 Å². The molecule has 1 aromatic heterocycles. The SMILES string of the molecule is Cc1cn(C)nc1NCc1cccc(F)c1F. The van der Waals surface area contributed by atoms with E-state index in [-0.39, 0.29) is 12.1 Å². The van der Waals surface area contributed by atoms with Gasteiger partial charge in [0.25, 0.3) is 0 Å². The lowest BCUT2D eigenvalue weighted by Crippen LogP contribution is -2.04. The highest BCUT2D eigenvalue weighted by Crippen LogP contribution is 2.15. The predicted octanol–water partition coefficient (Wildman–Crippen LogP) is 2.62. The second-order valence-electron chi connectivity index (χ2n) is 3.90. The van der Waals surface area contributed by atoms with Crippen molar-refractivity contribution in [3.05, 3.63) is 47.2 Å². The Morgan fingerprint density at radius 1 is 1.35 bits per heavy atom. The summed E-state index contributed by atoms with van der Waals surface area (Å²) in [5, 5.41) is 7.15. The maximum atomic E-state index is 13.4. The van der Waals surface area contributed by atoms with Crippen LogP contribution in [-0.4, -0.2) is 9.78 Å². The first-order chi connectivity index (χ1) is 8.08. The summed E-state index contributed by atoms with van der Waals surface area (Å²) in [7, 11) is 1.81. The van der Waals surface area contributed by atoms with Crippen LogP contribution in [0.4, 0.5) is 14.6 Å². The molecule has 0 unspecified atom stereocenters. The second-order valence-corrected chi connectivity index (χ2v) is 3.90. The molecule has 0 amide bonds. The average molecular weight is 237 g/mol. The van der Waals surface area contributed by atoms with Gasteiger partial charge in [-0.2, -0.15) is 5.10 Å². The van der Waals surface area contributed by atoms with Gasteiger partial charge in [-0.15, -0.1) is 0 Å². The molecule has 1 N–H and O–H groups in total. The highest BCUT2D eigenvalue weighted by atomic mass is 19.2. The minimum absolute atomic E-state index is 0.210. The van der Waals surface area contributed by atoms with Crippen LogP contribution in [0.1, 0.15) is 11.1 Å². The van der Waals surface area contributed by atoms with Crippen LogP contribution in [0, 0.1) is 18.6 Å². The number of anilines is 1. The van der Waals surface area contributed by atoms with E-state index in [0.29, 0.717) is 5.82 Å². The van der Waals surface area contributed by atoms with Gasteiger partial charge in [-0.05, 0) is 13.0 Å². The minimum Gasteiger partial charge on any atom is -0.364 e. The number of aromatic nitrogens is 2. The van der Waals surface area contributed by atoms with Gasteiger partial charge in [-0.25, -0.2) is 8.78 Å². The van der Waals surface area contributed by atoms with E-state index in [1.807, 2.05) is 13.1 Å². The summed E-state index contributed by atoms with van der Waals surface area (Å²) in [5.74, 6) is -0.966. The lowest BCUT2D eigenvalue weighted by Gasteiger charge is -2.06. The topological polar surface area (TPSA) is 29.9 Å². The molecule has 0 saturated heterocycles. The van der Waals surface area contributed by atoms with E-state index in [4.69, 9.17) is 0 Å². The largest absolute Gasteiger partial charge is 0.364 e. The van der Waals surface area contributed by atoms with Crippen molar-refractivity contribution in [1.29, 1.82) is 0 Å². The summed E-state index contributed by atoms with van der Waals surface area (Å²) < 4.78 is 28.0. The molecule has 1 heterocycles. The van der Waals surface area contributed by atoms with Crippen LogP contribution in [0.15, 0.2) is 24.4 Å². The number of aryl methyl sites for hydroxylation is 2. The number of hydrogen-bond donors (Lipinski definition) is 1. The Morgan fingerprint density at radius 3 is 2.76 bits per heavy atom. The first-order valence-corrected chi connectivity index (χ1v) is 5.25. The van der Waals surface area contributed by atoms with Crippen LogP contribution >= 0.6 is 0 Å². The number of benzene rings is 1. The summed E-state index contributed by atoms with van der Waals surface area (Å²) in [6.45, 7) is 2.11. The summed E-state index contributed by atoms with van der Waals surface area (Å²) >= 11 is 0. The van der Waals surface area contributed by atoms with Gasteiger partial charge < -0.3 is 5.32 Å². The third-order valence-electron chi connectivity index (χ3n) is 2.49. The monoisotopic (exact) mass is 237 g/mol. The molecule has 0 aliphatic carbocycles. The Labute approximate surface area is 98.1 Å². The summed E-state index contributed by atoms with van der Waals surface area (Å²) in [4.78, 5) is 0. The van der Waals surface area contributed by atoms with E-state index in [2.05, 4.69) is 10.4 Å². The quantitative estimate of drug-likeness (QED) is 0.889. The first-order valence-electron chi connectivity index (χ1n) is 5.25. The molecule has 1 aromatic carbocycles. The minimum atomic E-state index is -0.831. The van der Waals surface area contributed by atoms with Crippen LogP contribution in [0.2, 0.25) is 0 Å². The molecule has 0 atom stereocenters. The normalized spacial score (nSPS) is 10.6. The maximum Gasteiger partial charge on any atom is 0.163 e. The molecule has 0 radical (unpaired) electrons. The molecule has 2 aromatic rings. The van der Waals surface area contributed by atoms with Crippen molar-refractivity contribution >= 4 is 5.82 Å². The lowest BCUT2D eigenvalue weighted by atomic mass is 10.2. The molecule has 0 saturated carbocycles. The van der Waals surface area contributed by atoms with Gasteiger partial charge in [0.2, 0.25) is 0 Å². The van der Waals surface area contributed by atoms with E-state index < -0.39 is 11.6 Å². The van der Waals surface area contributed by atoms with E-state index in [1.165, 1.54) is 6.07 Å². The Bertz CT molecular complexity index is 535. The number of rotatable bonds is 3. The van der Waals surface area contributed by atoms with Gasteiger partial charge in [-0.3, -0.25) is 4.68 Å². The van der Waals surface area contributed by atoms with Crippen molar-refractivity contribution in [3.63, 3.8) is 0 Å². The number of halogens is 2. The van der Waals surface area contributed by atoms with E-state index in [1.54, 1.807) is 17.8 Å². The van der Waals surface area contributed by atoms with Crippen molar-refractivity contribution < 1.29 is 8.78 Å². The number of nitrogens with zero attached hydrogens (tertiary/aromatic N) is 2. The molecule has 3 nitrogen and oxygen atoms in total. The van der Waals surface area contributed by atoms with Gasteiger partial charge in [0.1, 0.15) is 0 Å². The first kappa shape index (κ1) is 11.6. The van der Waals surface area contributed by atoms with Crippen molar-refractivity contribution in [2.24, 2.45) is 7.05 Å². The predicted molar refractivity (Wildman–Crippen MR) is 61.6 cm³/mol. The molecule has 0 aliphatic heterocycles. The van der Waals surface area contributed by atoms with E-state index in [9.17, 15) is 8.78 Å².